The number of benzene rings is 1. The topological polar surface area (TPSA) is 66.4 Å². The summed E-state index contributed by atoms with van der Waals surface area (Å²) in [6.45, 7) is 0.215. The number of hydrogen-bond donors (Lipinski definition) is 2. The number of halogens is 1. The van der Waals surface area contributed by atoms with Crippen molar-refractivity contribution < 1.29 is 14.7 Å². The summed E-state index contributed by atoms with van der Waals surface area (Å²) in [6, 6.07) is 7.19. The lowest BCUT2D eigenvalue weighted by molar-refractivity contribution is -0.153. The Hall–Kier alpha value is -1.11. The van der Waals surface area contributed by atoms with Gasteiger partial charge in [0.25, 0.3) is 5.91 Å². The molecule has 0 unspecified atom stereocenters. The van der Waals surface area contributed by atoms with E-state index >= 15 is 0 Å². The van der Waals surface area contributed by atoms with E-state index in [9.17, 15) is 9.59 Å². The molecule has 2 N–H and O–H groups in total. The Morgan fingerprint density at radius 2 is 1.89 bits per heavy atom. The van der Waals surface area contributed by atoms with Gasteiger partial charge in [-0.3, -0.25) is 9.59 Å². The summed E-state index contributed by atoms with van der Waals surface area (Å²) in [5.74, 6) is -1.02. The Morgan fingerprint density at radius 3 is 2.33 bits per heavy atom. The number of aliphatic carboxylic acids is 1. The molecule has 0 bridgehead atoms. The molecule has 1 aliphatic rings. The van der Waals surface area contributed by atoms with Gasteiger partial charge >= 0.3 is 5.97 Å². The van der Waals surface area contributed by atoms with Crippen LogP contribution in [0.2, 0.25) is 0 Å². The van der Waals surface area contributed by atoms with Crippen molar-refractivity contribution >= 4 is 34.5 Å². The average molecular weight is 359 g/mol. The number of rotatable bonds is 4. The lowest BCUT2D eigenvalue weighted by atomic mass is 9.69. The monoisotopic (exact) mass is 359 g/mol. The predicted molar refractivity (Wildman–Crippen MR) is 75.4 cm³/mol. The molecule has 1 saturated carbocycles. The van der Waals surface area contributed by atoms with Crippen molar-refractivity contribution in [3.63, 3.8) is 0 Å². The first-order valence-electron chi connectivity index (χ1n) is 5.81. The molecule has 5 heteroatoms. The zero-order valence-corrected chi connectivity index (χ0v) is 11.9. The molecule has 0 aliphatic heterocycles. The highest BCUT2D eigenvalue weighted by molar-refractivity contribution is 14.1. The van der Waals surface area contributed by atoms with Crippen LogP contribution in [0, 0.1) is 8.99 Å². The third-order valence-electron chi connectivity index (χ3n) is 3.46. The lowest BCUT2D eigenvalue weighted by Crippen LogP contribution is -2.47. The van der Waals surface area contributed by atoms with Crippen LogP contribution in [0.1, 0.15) is 29.6 Å². The number of carbonyl (C=O) groups excluding carboxylic acids is 1. The van der Waals surface area contributed by atoms with Crippen LogP contribution in [0.4, 0.5) is 0 Å². The summed E-state index contributed by atoms with van der Waals surface area (Å²) in [5.41, 5.74) is -0.172. The Bertz CT molecular complexity index is 466. The van der Waals surface area contributed by atoms with Crippen molar-refractivity contribution in [1.82, 2.24) is 5.32 Å². The molecule has 2 rings (SSSR count). The van der Waals surface area contributed by atoms with Gasteiger partial charge in [0, 0.05) is 15.7 Å². The van der Waals surface area contributed by atoms with E-state index in [0.29, 0.717) is 18.4 Å². The van der Waals surface area contributed by atoms with Crippen molar-refractivity contribution in [2.45, 2.75) is 19.3 Å². The molecule has 96 valence electrons. The Labute approximate surface area is 119 Å². The molecule has 1 aliphatic carbocycles. The van der Waals surface area contributed by atoms with Gasteiger partial charge < -0.3 is 10.4 Å². The summed E-state index contributed by atoms with van der Waals surface area (Å²) in [6.07, 6.45) is 2.22. The summed E-state index contributed by atoms with van der Waals surface area (Å²) in [7, 11) is 0. The van der Waals surface area contributed by atoms with E-state index in [2.05, 4.69) is 27.9 Å². The van der Waals surface area contributed by atoms with Crippen LogP contribution in [-0.2, 0) is 4.79 Å². The van der Waals surface area contributed by atoms with E-state index < -0.39 is 11.4 Å². The van der Waals surface area contributed by atoms with Gasteiger partial charge in [0.05, 0.1) is 5.41 Å². The van der Waals surface area contributed by atoms with Crippen molar-refractivity contribution in [1.29, 1.82) is 0 Å². The zero-order valence-electron chi connectivity index (χ0n) is 9.78. The van der Waals surface area contributed by atoms with E-state index in [1.165, 1.54) is 0 Å². The zero-order chi connectivity index (χ0) is 13.2. The Balaban J connectivity index is 1.96. The molecule has 0 saturated heterocycles. The third kappa shape index (κ3) is 2.66. The largest absolute Gasteiger partial charge is 0.481 e. The summed E-state index contributed by atoms with van der Waals surface area (Å²) < 4.78 is 1.06. The Kier molecular flexibility index (Phi) is 3.89. The number of carboxylic acids is 1. The molecule has 18 heavy (non-hydrogen) atoms. The molecule has 0 aromatic heterocycles. The molecule has 1 amide bonds. The molecule has 0 heterocycles. The van der Waals surface area contributed by atoms with Crippen LogP contribution in [-0.4, -0.2) is 23.5 Å². The summed E-state index contributed by atoms with van der Waals surface area (Å²) in [4.78, 5) is 23.0. The van der Waals surface area contributed by atoms with Gasteiger partial charge in [0.1, 0.15) is 0 Å². The first-order valence-corrected chi connectivity index (χ1v) is 6.89. The second-order valence-corrected chi connectivity index (χ2v) is 5.87. The minimum Gasteiger partial charge on any atom is -0.481 e. The van der Waals surface area contributed by atoms with Crippen LogP contribution in [0.5, 0.6) is 0 Å². The number of amides is 1. The van der Waals surface area contributed by atoms with Crippen molar-refractivity contribution in [2.75, 3.05) is 6.54 Å². The fourth-order valence-corrected chi connectivity index (χ4v) is 2.38. The van der Waals surface area contributed by atoms with Crippen LogP contribution < -0.4 is 5.32 Å². The maximum absolute atomic E-state index is 11.9. The number of carbonyl (C=O) groups is 2. The van der Waals surface area contributed by atoms with Crippen LogP contribution in [0.15, 0.2) is 24.3 Å². The van der Waals surface area contributed by atoms with Crippen LogP contribution in [0.25, 0.3) is 0 Å². The fraction of sp³-hybridized carbons (Fsp3) is 0.385. The molecule has 0 radical (unpaired) electrons. The van der Waals surface area contributed by atoms with E-state index in [1.807, 2.05) is 12.1 Å². The Morgan fingerprint density at radius 1 is 1.28 bits per heavy atom. The van der Waals surface area contributed by atoms with Gasteiger partial charge in [0.2, 0.25) is 0 Å². The van der Waals surface area contributed by atoms with Crippen molar-refractivity contribution in [3.8, 4) is 0 Å². The highest BCUT2D eigenvalue weighted by atomic mass is 127. The lowest BCUT2D eigenvalue weighted by Gasteiger charge is -2.37. The highest BCUT2D eigenvalue weighted by Gasteiger charge is 2.44. The number of carboxylic acid groups (broad SMARTS) is 1. The normalized spacial score (nSPS) is 16.7. The average Bonchev–Trinajstić information content (AvgIpc) is 2.27. The third-order valence-corrected chi connectivity index (χ3v) is 4.18. The summed E-state index contributed by atoms with van der Waals surface area (Å²) in [5, 5.41) is 11.9. The SMILES string of the molecule is O=C(NCC1(C(=O)O)CCC1)c1ccc(I)cc1. The first-order chi connectivity index (χ1) is 8.53. The minimum atomic E-state index is -0.809. The van der Waals surface area contributed by atoms with E-state index in [4.69, 9.17) is 5.11 Å². The molecule has 1 fully saturated rings. The fourth-order valence-electron chi connectivity index (χ4n) is 2.02. The number of hydrogen-bond acceptors (Lipinski definition) is 2. The molecule has 0 atom stereocenters. The van der Waals surface area contributed by atoms with Crippen molar-refractivity contribution in [2.24, 2.45) is 5.41 Å². The quantitative estimate of drug-likeness (QED) is 0.811. The van der Waals surface area contributed by atoms with Crippen molar-refractivity contribution in [3.05, 3.63) is 33.4 Å². The van der Waals surface area contributed by atoms with Gasteiger partial charge in [-0.2, -0.15) is 0 Å². The smallest absolute Gasteiger partial charge is 0.311 e. The van der Waals surface area contributed by atoms with E-state index in [1.54, 1.807) is 12.1 Å². The predicted octanol–water partition coefficient (Wildman–Crippen LogP) is 2.28. The van der Waals surface area contributed by atoms with Gasteiger partial charge in [-0.15, -0.1) is 0 Å². The second kappa shape index (κ2) is 5.26. The molecular formula is C13H14INO3. The molecule has 1 aromatic rings. The van der Waals surface area contributed by atoms with Crippen LogP contribution in [0.3, 0.4) is 0 Å². The van der Waals surface area contributed by atoms with Crippen LogP contribution >= 0.6 is 22.6 Å². The molecular weight excluding hydrogens is 345 g/mol. The molecule has 0 spiro atoms. The number of nitrogens with one attached hydrogen (secondary N) is 1. The van der Waals surface area contributed by atoms with Gasteiger partial charge in [-0.1, -0.05) is 6.42 Å². The van der Waals surface area contributed by atoms with Gasteiger partial charge in [-0.05, 0) is 59.7 Å². The first kappa shape index (κ1) is 13.3. The van der Waals surface area contributed by atoms with Gasteiger partial charge in [-0.25, -0.2) is 0 Å². The van der Waals surface area contributed by atoms with E-state index in [-0.39, 0.29) is 12.5 Å². The van der Waals surface area contributed by atoms with E-state index in [0.717, 1.165) is 9.99 Å². The summed E-state index contributed by atoms with van der Waals surface area (Å²) >= 11 is 2.17. The van der Waals surface area contributed by atoms with Gasteiger partial charge in [0.15, 0.2) is 0 Å². The molecule has 1 aromatic carbocycles. The molecule has 4 nitrogen and oxygen atoms in total. The second-order valence-electron chi connectivity index (χ2n) is 4.63. The maximum atomic E-state index is 11.9. The minimum absolute atomic E-state index is 0.209. The standard InChI is InChI=1S/C13H14INO3/c14-10-4-2-9(3-5-10)11(16)15-8-13(12(17)18)6-1-7-13/h2-5H,1,6-8H2,(H,15,16)(H,17,18). The maximum Gasteiger partial charge on any atom is 0.311 e. The highest BCUT2D eigenvalue weighted by Crippen LogP contribution is 2.40.